The number of amides is 2. The van der Waals surface area contributed by atoms with Crippen LogP contribution in [0.3, 0.4) is 0 Å². The van der Waals surface area contributed by atoms with Crippen LogP contribution in [0.25, 0.3) is 0 Å². The number of aliphatic hydroxyl groups excluding tert-OH is 1. The van der Waals surface area contributed by atoms with Gasteiger partial charge in [0.05, 0.1) is 18.7 Å². The third-order valence-corrected chi connectivity index (χ3v) is 5.60. The van der Waals surface area contributed by atoms with E-state index < -0.39 is 6.04 Å². The van der Waals surface area contributed by atoms with E-state index in [0.717, 1.165) is 12.0 Å². The van der Waals surface area contributed by atoms with E-state index >= 15 is 0 Å². The molecule has 6 nitrogen and oxygen atoms in total. The molecule has 1 aliphatic carbocycles. The smallest absolute Gasteiger partial charge is 0.251 e. The highest BCUT2D eigenvalue weighted by atomic mass is 16.5. The first kappa shape index (κ1) is 20.9. The lowest BCUT2D eigenvalue weighted by Crippen LogP contribution is -2.44. The van der Waals surface area contributed by atoms with E-state index in [4.69, 9.17) is 4.74 Å². The summed E-state index contributed by atoms with van der Waals surface area (Å²) in [5.74, 6) is 0.213. The zero-order chi connectivity index (χ0) is 21.6. The minimum absolute atomic E-state index is 0.109. The van der Waals surface area contributed by atoms with Crippen molar-refractivity contribution in [1.29, 1.82) is 0 Å². The zero-order valence-corrected chi connectivity index (χ0v) is 17.2. The van der Waals surface area contributed by atoms with Crippen molar-refractivity contribution in [1.82, 2.24) is 10.6 Å². The molecule has 31 heavy (non-hydrogen) atoms. The molecule has 2 aliphatic rings. The van der Waals surface area contributed by atoms with Crippen molar-refractivity contribution in [2.75, 3.05) is 13.2 Å². The second kappa shape index (κ2) is 9.62. The van der Waals surface area contributed by atoms with Gasteiger partial charge >= 0.3 is 0 Å². The Morgan fingerprint density at radius 2 is 1.74 bits per heavy atom. The molecule has 2 aromatic carbocycles. The van der Waals surface area contributed by atoms with Crippen molar-refractivity contribution in [3.05, 3.63) is 89.5 Å². The summed E-state index contributed by atoms with van der Waals surface area (Å²) in [5, 5.41) is 15.7. The molecule has 3 atom stereocenters. The summed E-state index contributed by atoms with van der Waals surface area (Å²) in [6.07, 6.45) is 9.41. The SMILES string of the molecule is O=C1NC(CO)Cc2cccc(c2)OC[C@H](C2C=CC=CC2)NC(=O)c2cccc1c2. The average Bonchev–Trinajstić information content (AvgIpc) is 2.81. The number of aliphatic hydroxyl groups is 1. The number of carbonyl (C=O) groups excluding carboxylic acids is 2. The Balaban J connectivity index is 1.68. The Bertz CT molecular complexity index is 1010. The number of benzene rings is 2. The largest absolute Gasteiger partial charge is 0.491 e. The molecule has 4 bridgehead atoms. The molecule has 6 heteroatoms. The summed E-state index contributed by atoms with van der Waals surface area (Å²) >= 11 is 0. The van der Waals surface area contributed by atoms with Crippen LogP contribution in [-0.2, 0) is 6.42 Å². The Kier molecular flexibility index (Phi) is 6.48. The van der Waals surface area contributed by atoms with Gasteiger partial charge in [0, 0.05) is 17.0 Å². The molecule has 0 spiro atoms. The lowest BCUT2D eigenvalue weighted by Gasteiger charge is -2.26. The number of hydrogen-bond donors (Lipinski definition) is 3. The molecule has 1 heterocycles. The van der Waals surface area contributed by atoms with E-state index in [2.05, 4.69) is 22.8 Å². The fourth-order valence-corrected chi connectivity index (χ4v) is 3.89. The molecule has 1 aliphatic heterocycles. The van der Waals surface area contributed by atoms with Gasteiger partial charge in [0.1, 0.15) is 12.4 Å². The van der Waals surface area contributed by atoms with Crippen LogP contribution in [0.4, 0.5) is 0 Å². The van der Waals surface area contributed by atoms with Gasteiger partial charge in [-0.15, -0.1) is 0 Å². The van der Waals surface area contributed by atoms with Crippen molar-refractivity contribution in [2.24, 2.45) is 5.92 Å². The van der Waals surface area contributed by atoms with Gasteiger partial charge in [-0.1, -0.05) is 42.5 Å². The van der Waals surface area contributed by atoms with Crippen LogP contribution in [0.2, 0.25) is 0 Å². The molecule has 2 unspecified atom stereocenters. The van der Waals surface area contributed by atoms with Crippen molar-refractivity contribution in [3.8, 4) is 5.75 Å². The van der Waals surface area contributed by atoms with Crippen LogP contribution in [0.1, 0.15) is 32.7 Å². The zero-order valence-electron chi connectivity index (χ0n) is 17.2. The summed E-state index contributed by atoms with van der Waals surface area (Å²) in [6, 6.07) is 13.5. The maximum absolute atomic E-state index is 13.0. The molecular weight excluding hydrogens is 392 g/mol. The van der Waals surface area contributed by atoms with E-state index in [-0.39, 0.29) is 30.4 Å². The normalized spacial score (nSPS) is 23.7. The number of fused-ring (bicyclic) bond motifs is 4. The Hall–Kier alpha value is -3.38. The lowest BCUT2D eigenvalue weighted by atomic mass is 9.92. The van der Waals surface area contributed by atoms with E-state index in [1.165, 1.54) is 0 Å². The van der Waals surface area contributed by atoms with Crippen molar-refractivity contribution in [3.63, 3.8) is 0 Å². The maximum atomic E-state index is 13.0. The Morgan fingerprint density at radius 3 is 2.48 bits per heavy atom. The number of rotatable bonds is 2. The van der Waals surface area contributed by atoms with Gasteiger partial charge in [-0.25, -0.2) is 0 Å². The van der Waals surface area contributed by atoms with E-state index in [1.54, 1.807) is 24.3 Å². The predicted molar refractivity (Wildman–Crippen MR) is 118 cm³/mol. The van der Waals surface area contributed by atoms with Gasteiger partial charge in [0.15, 0.2) is 0 Å². The number of hydrogen-bond acceptors (Lipinski definition) is 4. The van der Waals surface area contributed by atoms with Gasteiger partial charge in [-0.2, -0.15) is 0 Å². The highest BCUT2D eigenvalue weighted by Crippen LogP contribution is 2.20. The fourth-order valence-electron chi connectivity index (χ4n) is 3.89. The van der Waals surface area contributed by atoms with E-state index in [0.29, 0.717) is 29.9 Å². The molecular formula is C25H26N2O4. The first-order chi connectivity index (χ1) is 15.1. The highest BCUT2D eigenvalue weighted by molar-refractivity contribution is 5.99. The lowest BCUT2D eigenvalue weighted by molar-refractivity contribution is 0.0906. The second-order valence-electron chi connectivity index (χ2n) is 7.89. The van der Waals surface area contributed by atoms with Crippen LogP contribution in [-0.4, -0.2) is 42.2 Å². The molecule has 0 saturated heterocycles. The van der Waals surface area contributed by atoms with Gasteiger partial charge in [0.2, 0.25) is 0 Å². The van der Waals surface area contributed by atoms with E-state index in [1.807, 2.05) is 36.4 Å². The van der Waals surface area contributed by atoms with Gasteiger partial charge in [-0.05, 0) is 48.7 Å². The number of nitrogens with one attached hydrogen (secondary N) is 2. The monoisotopic (exact) mass is 418 g/mol. The summed E-state index contributed by atoms with van der Waals surface area (Å²) in [4.78, 5) is 25.7. The topological polar surface area (TPSA) is 87.7 Å². The first-order valence-electron chi connectivity index (χ1n) is 10.5. The van der Waals surface area contributed by atoms with Crippen LogP contribution < -0.4 is 15.4 Å². The van der Waals surface area contributed by atoms with Crippen LogP contribution in [0.5, 0.6) is 5.75 Å². The standard InChI is InChI=1S/C25H26N2O4/c28-15-21-12-17-6-4-11-22(13-17)31-16-23(18-7-2-1-3-8-18)27-25(30)20-10-5-9-19(14-20)24(29)26-21/h1-7,9-11,13-14,18,21,23,28H,8,12,15-16H2,(H,26,29)(H,27,30)/t18?,21?,23-/m1/s1. The van der Waals surface area contributed by atoms with Crippen molar-refractivity contribution < 1.29 is 19.4 Å². The molecule has 0 radical (unpaired) electrons. The van der Waals surface area contributed by atoms with Gasteiger partial charge < -0.3 is 20.5 Å². The summed E-state index contributed by atoms with van der Waals surface area (Å²) < 4.78 is 6.06. The molecule has 160 valence electrons. The summed E-state index contributed by atoms with van der Waals surface area (Å²) in [5.41, 5.74) is 1.73. The van der Waals surface area contributed by atoms with Gasteiger partial charge in [0.25, 0.3) is 11.8 Å². The third-order valence-electron chi connectivity index (χ3n) is 5.60. The average molecular weight is 418 g/mol. The first-order valence-corrected chi connectivity index (χ1v) is 10.5. The number of carbonyl (C=O) groups is 2. The molecule has 3 N–H and O–H groups in total. The van der Waals surface area contributed by atoms with Crippen LogP contribution in [0, 0.1) is 5.92 Å². The van der Waals surface area contributed by atoms with Gasteiger partial charge in [-0.3, -0.25) is 9.59 Å². The Morgan fingerprint density at radius 1 is 0.968 bits per heavy atom. The minimum atomic E-state index is -0.447. The number of ether oxygens (including phenoxy) is 1. The fraction of sp³-hybridized carbons (Fsp3) is 0.280. The molecule has 2 aromatic rings. The Labute approximate surface area is 181 Å². The van der Waals surface area contributed by atoms with Crippen LogP contribution >= 0.6 is 0 Å². The van der Waals surface area contributed by atoms with Crippen molar-refractivity contribution in [2.45, 2.75) is 24.9 Å². The predicted octanol–water partition coefficient (Wildman–Crippen LogP) is 2.64. The third kappa shape index (κ3) is 5.22. The molecule has 0 aromatic heterocycles. The molecule has 0 saturated carbocycles. The van der Waals surface area contributed by atoms with E-state index in [9.17, 15) is 14.7 Å². The molecule has 2 amide bonds. The maximum Gasteiger partial charge on any atom is 0.251 e. The minimum Gasteiger partial charge on any atom is -0.491 e. The summed E-state index contributed by atoms with van der Waals surface area (Å²) in [6.45, 7) is 0.124. The van der Waals surface area contributed by atoms with Crippen LogP contribution in [0.15, 0.2) is 72.8 Å². The quantitative estimate of drug-likeness (QED) is 0.700. The molecule has 0 fully saturated rings. The number of allylic oxidation sites excluding steroid dienone is 3. The molecule has 4 rings (SSSR count). The highest BCUT2D eigenvalue weighted by Gasteiger charge is 2.24. The summed E-state index contributed by atoms with van der Waals surface area (Å²) in [7, 11) is 0. The van der Waals surface area contributed by atoms with Crippen molar-refractivity contribution >= 4 is 11.8 Å². The second-order valence-corrected chi connectivity index (χ2v) is 7.89.